The van der Waals surface area contributed by atoms with E-state index < -0.39 is 11.6 Å². The number of β-lactam (4-membered cyclic amide) rings is 1. The molecule has 3 aromatic rings. The van der Waals surface area contributed by atoms with Crippen LogP contribution in [0.5, 0.6) is 0 Å². The highest BCUT2D eigenvalue weighted by atomic mass is 16.6. The summed E-state index contributed by atoms with van der Waals surface area (Å²) < 4.78 is 5.43. The molecule has 0 aliphatic carbocycles. The number of carbonyl (C=O) groups excluding carboxylic acids is 3. The molecule has 0 bridgehead atoms. The highest BCUT2D eigenvalue weighted by Crippen LogP contribution is 2.42. The molecular formula is C27H25N3O4. The second-order valence-corrected chi connectivity index (χ2v) is 8.64. The van der Waals surface area contributed by atoms with Crippen LogP contribution >= 0.6 is 0 Å². The van der Waals surface area contributed by atoms with Gasteiger partial charge in [0.1, 0.15) is 18.7 Å². The number of rotatable bonds is 7. The molecule has 2 aliphatic rings. The molecule has 2 atom stereocenters. The SMILES string of the molecule is O=C(CN1C[C@@](Cc2ccccc2)(N2C(=O)OC[C@@H]2c2ccccc2)C1=O)Nc1ccccc1. The fourth-order valence-corrected chi connectivity index (χ4v) is 4.83. The summed E-state index contributed by atoms with van der Waals surface area (Å²) in [6.07, 6.45) is -0.159. The largest absolute Gasteiger partial charge is 0.447 e. The Kier molecular flexibility index (Phi) is 5.76. The maximum absolute atomic E-state index is 13.7. The van der Waals surface area contributed by atoms with E-state index in [9.17, 15) is 14.4 Å². The van der Waals surface area contributed by atoms with Crippen molar-refractivity contribution >= 4 is 23.6 Å². The Labute approximate surface area is 197 Å². The topological polar surface area (TPSA) is 79.0 Å². The van der Waals surface area contributed by atoms with Crippen LogP contribution in [-0.4, -0.2) is 52.9 Å². The fourth-order valence-electron chi connectivity index (χ4n) is 4.83. The Morgan fingerprint density at radius 2 is 1.53 bits per heavy atom. The Bertz CT molecular complexity index is 1190. The van der Waals surface area contributed by atoms with Gasteiger partial charge in [0.05, 0.1) is 12.6 Å². The van der Waals surface area contributed by atoms with Gasteiger partial charge >= 0.3 is 6.09 Å². The van der Waals surface area contributed by atoms with Crippen LogP contribution < -0.4 is 5.32 Å². The number of anilines is 1. The molecule has 3 amide bonds. The van der Waals surface area contributed by atoms with Crippen molar-refractivity contribution in [3.05, 3.63) is 102 Å². The maximum atomic E-state index is 13.7. The monoisotopic (exact) mass is 455 g/mol. The maximum Gasteiger partial charge on any atom is 0.411 e. The van der Waals surface area contributed by atoms with Crippen molar-refractivity contribution in [2.45, 2.75) is 18.0 Å². The van der Waals surface area contributed by atoms with Crippen molar-refractivity contribution in [1.29, 1.82) is 0 Å². The summed E-state index contributed by atoms with van der Waals surface area (Å²) in [5, 5.41) is 2.81. The second kappa shape index (κ2) is 9.02. The molecule has 0 spiro atoms. The Morgan fingerprint density at radius 3 is 2.18 bits per heavy atom. The van der Waals surface area contributed by atoms with Crippen molar-refractivity contribution in [3.8, 4) is 0 Å². The lowest BCUT2D eigenvalue weighted by Gasteiger charge is -2.53. The molecule has 7 heteroatoms. The van der Waals surface area contributed by atoms with E-state index in [2.05, 4.69) is 5.32 Å². The molecule has 5 rings (SSSR count). The molecule has 2 fully saturated rings. The summed E-state index contributed by atoms with van der Waals surface area (Å²) >= 11 is 0. The lowest BCUT2D eigenvalue weighted by molar-refractivity contribution is -0.164. The number of carbonyl (C=O) groups is 3. The van der Waals surface area contributed by atoms with Gasteiger partial charge in [-0.1, -0.05) is 78.9 Å². The normalized spacial score (nSPS) is 21.7. The number of benzene rings is 3. The minimum atomic E-state index is -1.11. The molecule has 3 aromatic carbocycles. The number of nitrogens with zero attached hydrogens (tertiary/aromatic N) is 2. The van der Waals surface area contributed by atoms with E-state index in [1.807, 2.05) is 78.9 Å². The standard InChI is InChI=1S/C27H25N3O4/c31-24(28-22-14-8-3-9-15-22)17-29-19-27(25(29)32,16-20-10-4-1-5-11-20)30-23(18-34-26(30)33)21-12-6-2-7-13-21/h1-15,23H,16-19H2,(H,28,31)/t23-,27-/m1/s1. The predicted octanol–water partition coefficient (Wildman–Crippen LogP) is 3.64. The smallest absolute Gasteiger partial charge is 0.411 e. The molecule has 0 radical (unpaired) electrons. The van der Waals surface area contributed by atoms with Crippen LogP contribution in [0.15, 0.2) is 91.0 Å². The Morgan fingerprint density at radius 1 is 0.912 bits per heavy atom. The van der Waals surface area contributed by atoms with Crippen LogP contribution in [0.25, 0.3) is 0 Å². The zero-order valence-corrected chi connectivity index (χ0v) is 18.6. The van der Waals surface area contributed by atoms with Gasteiger partial charge in [0.15, 0.2) is 0 Å². The van der Waals surface area contributed by atoms with Crippen LogP contribution in [0.3, 0.4) is 0 Å². The van der Waals surface area contributed by atoms with E-state index in [4.69, 9.17) is 4.74 Å². The number of likely N-dealkylation sites (tertiary alicyclic amines) is 1. The van der Waals surface area contributed by atoms with Crippen LogP contribution in [0.2, 0.25) is 0 Å². The van der Waals surface area contributed by atoms with Gasteiger partial charge in [-0.15, -0.1) is 0 Å². The molecule has 7 nitrogen and oxygen atoms in total. The number of amides is 3. The minimum Gasteiger partial charge on any atom is -0.447 e. The van der Waals surface area contributed by atoms with Gasteiger partial charge in [0.2, 0.25) is 5.91 Å². The van der Waals surface area contributed by atoms with Crippen molar-refractivity contribution in [2.24, 2.45) is 0 Å². The summed E-state index contributed by atoms with van der Waals surface area (Å²) in [4.78, 5) is 42.3. The molecular weight excluding hydrogens is 430 g/mol. The lowest BCUT2D eigenvalue weighted by Crippen LogP contribution is -2.76. The van der Waals surface area contributed by atoms with E-state index in [1.165, 1.54) is 4.90 Å². The highest BCUT2D eigenvalue weighted by molar-refractivity contribution is 6.01. The first-order valence-corrected chi connectivity index (χ1v) is 11.3. The lowest BCUT2D eigenvalue weighted by atomic mass is 9.79. The fraction of sp³-hybridized carbons (Fsp3) is 0.222. The number of hydrogen-bond donors (Lipinski definition) is 1. The average Bonchev–Trinajstić information content (AvgIpc) is 3.26. The first kappa shape index (κ1) is 21.7. The predicted molar refractivity (Wildman–Crippen MR) is 127 cm³/mol. The van der Waals surface area contributed by atoms with Gasteiger partial charge < -0.3 is 15.0 Å². The molecule has 0 aromatic heterocycles. The van der Waals surface area contributed by atoms with E-state index in [0.29, 0.717) is 12.1 Å². The van der Waals surface area contributed by atoms with Crippen LogP contribution in [0.1, 0.15) is 17.2 Å². The third-order valence-corrected chi connectivity index (χ3v) is 6.39. The number of para-hydroxylation sites is 1. The number of nitrogens with one attached hydrogen (secondary N) is 1. The molecule has 172 valence electrons. The van der Waals surface area contributed by atoms with Gasteiger partial charge in [-0.2, -0.15) is 0 Å². The van der Waals surface area contributed by atoms with E-state index >= 15 is 0 Å². The molecule has 2 heterocycles. The van der Waals surface area contributed by atoms with Crippen molar-refractivity contribution in [3.63, 3.8) is 0 Å². The van der Waals surface area contributed by atoms with Crippen LogP contribution in [-0.2, 0) is 20.7 Å². The van der Waals surface area contributed by atoms with Gasteiger partial charge in [0.25, 0.3) is 5.91 Å². The third-order valence-electron chi connectivity index (χ3n) is 6.39. The number of ether oxygens (including phenoxy) is 1. The first-order valence-electron chi connectivity index (χ1n) is 11.3. The average molecular weight is 456 g/mol. The van der Waals surface area contributed by atoms with Gasteiger partial charge in [0, 0.05) is 12.1 Å². The van der Waals surface area contributed by atoms with E-state index in [0.717, 1.165) is 11.1 Å². The van der Waals surface area contributed by atoms with Crippen molar-refractivity contribution < 1.29 is 19.1 Å². The first-order chi connectivity index (χ1) is 16.6. The number of cyclic esters (lactones) is 1. The Balaban J connectivity index is 1.41. The van der Waals surface area contributed by atoms with Crippen molar-refractivity contribution in [1.82, 2.24) is 9.80 Å². The zero-order chi connectivity index (χ0) is 23.5. The molecule has 2 aliphatic heterocycles. The summed E-state index contributed by atoms with van der Waals surface area (Å²) in [7, 11) is 0. The van der Waals surface area contributed by atoms with Gasteiger partial charge in [-0.3, -0.25) is 14.5 Å². The van der Waals surface area contributed by atoms with Crippen molar-refractivity contribution in [2.75, 3.05) is 25.0 Å². The van der Waals surface area contributed by atoms with Crippen LogP contribution in [0.4, 0.5) is 10.5 Å². The third kappa shape index (κ3) is 4.01. The molecule has 34 heavy (non-hydrogen) atoms. The molecule has 0 saturated carbocycles. The van der Waals surface area contributed by atoms with E-state index in [-0.39, 0.29) is 37.6 Å². The molecule has 2 saturated heterocycles. The van der Waals surface area contributed by atoms with Gasteiger partial charge in [-0.05, 0) is 23.3 Å². The quantitative estimate of drug-likeness (QED) is 0.552. The summed E-state index contributed by atoms with van der Waals surface area (Å²) in [5.74, 6) is -0.532. The minimum absolute atomic E-state index is 0.0802. The van der Waals surface area contributed by atoms with Crippen LogP contribution in [0, 0.1) is 0 Å². The molecule has 1 N–H and O–H groups in total. The number of hydrogen-bond acceptors (Lipinski definition) is 4. The summed E-state index contributed by atoms with van der Waals surface area (Å²) in [6, 6.07) is 27.9. The molecule has 0 unspecified atom stereocenters. The zero-order valence-electron chi connectivity index (χ0n) is 18.6. The summed E-state index contributed by atoms with van der Waals surface area (Å²) in [5.41, 5.74) is 1.41. The second-order valence-electron chi connectivity index (χ2n) is 8.64. The highest BCUT2D eigenvalue weighted by Gasteiger charge is 2.61. The van der Waals surface area contributed by atoms with E-state index in [1.54, 1.807) is 17.0 Å². The Hall–Kier alpha value is -4.13. The van der Waals surface area contributed by atoms with Gasteiger partial charge in [-0.25, -0.2) is 4.79 Å². The summed E-state index contributed by atoms with van der Waals surface area (Å²) in [6.45, 7) is 0.353.